The van der Waals surface area contributed by atoms with Gasteiger partial charge in [0.1, 0.15) is 0 Å². The van der Waals surface area contributed by atoms with Gasteiger partial charge in [0, 0.05) is 18.1 Å². The van der Waals surface area contributed by atoms with Crippen molar-refractivity contribution in [3.63, 3.8) is 0 Å². The molecule has 0 amide bonds. The van der Waals surface area contributed by atoms with Crippen LogP contribution in [-0.2, 0) is 6.54 Å². The van der Waals surface area contributed by atoms with Crippen LogP contribution in [0.4, 0.5) is 5.69 Å². The maximum Gasteiger partial charge on any atom is 0.193 e. The summed E-state index contributed by atoms with van der Waals surface area (Å²) >= 11 is 0. The average Bonchev–Trinajstić information content (AvgIpc) is 3.08. The van der Waals surface area contributed by atoms with Crippen molar-refractivity contribution in [3.05, 3.63) is 78.1 Å². The van der Waals surface area contributed by atoms with E-state index in [9.17, 15) is 0 Å². The second-order valence-electron chi connectivity index (χ2n) is 5.31. The van der Waals surface area contributed by atoms with Crippen LogP contribution < -0.4 is 11.1 Å². The zero-order chi connectivity index (χ0) is 16.1. The minimum absolute atomic E-state index is 0.409. The Labute approximate surface area is 135 Å². The minimum Gasteiger partial charge on any atom is -0.370 e. The Morgan fingerprint density at radius 3 is 2.70 bits per heavy atom. The summed E-state index contributed by atoms with van der Waals surface area (Å²) < 4.78 is 1.82. The minimum atomic E-state index is 0.409. The molecule has 0 radical (unpaired) electrons. The van der Waals surface area contributed by atoms with Crippen molar-refractivity contribution < 1.29 is 0 Å². The quantitative estimate of drug-likeness (QED) is 0.575. The molecule has 0 saturated carbocycles. The van der Waals surface area contributed by atoms with Gasteiger partial charge in [-0.05, 0) is 48.4 Å². The summed E-state index contributed by atoms with van der Waals surface area (Å²) in [7, 11) is 0. The molecule has 0 aliphatic rings. The van der Waals surface area contributed by atoms with Gasteiger partial charge in [0.25, 0.3) is 0 Å². The summed E-state index contributed by atoms with van der Waals surface area (Å²) in [6.07, 6.45) is 3.67. The Hall–Kier alpha value is -3.08. The molecule has 0 saturated heterocycles. The number of aryl methyl sites for hydroxylation is 1. The van der Waals surface area contributed by atoms with Crippen LogP contribution in [0.25, 0.3) is 5.69 Å². The third-order valence-electron chi connectivity index (χ3n) is 3.43. The van der Waals surface area contributed by atoms with Crippen molar-refractivity contribution in [2.75, 3.05) is 5.32 Å². The predicted molar refractivity (Wildman–Crippen MR) is 93.7 cm³/mol. The van der Waals surface area contributed by atoms with E-state index in [0.29, 0.717) is 12.5 Å². The lowest BCUT2D eigenvalue weighted by atomic mass is 10.2. The highest BCUT2D eigenvalue weighted by molar-refractivity contribution is 5.92. The molecule has 0 atom stereocenters. The maximum absolute atomic E-state index is 5.94. The molecule has 3 N–H and O–H groups in total. The number of nitrogens with two attached hydrogens (primary N) is 1. The first-order valence-electron chi connectivity index (χ1n) is 7.43. The highest BCUT2D eigenvalue weighted by Gasteiger charge is 1.98. The molecule has 2 aromatic carbocycles. The third kappa shape index (κ3) is 3.97. The number of rotatable bonds is 4. The lowest BCUT2D eigenvalue weighted by Crippen LogP contribution is -2.22. The van der Waals surface area contributed by atoms with Gasteiger partial charge >= 0.3 is 0 Å². The molecule has 3 rings (SSSR count). The normalized spacial score (nSPS) is 11.4. The third-order valence-corrected chi connectivity index (χ3v) is 3.43. The van der Waals surface area contributed by atoms with Crippen molar-refractivity contribution >= 4 is 11.6 Å². The van der Waals surface area contributed by atoms with Crippen LogP contribution in [0.2, 0.25) is 0 Å². The standard InChI is InChI=1S/C18H19N5/c1-14-4-2-5-16(12-14)22-18(19)20-13-15-6-8-17(9-7-15)23-11-3-10-21-23/h2-12H,13H2,1H3,(H3,19,20,22). The molecule has 23 heavy (non-hydrogen) atoms. The zero-order valence-electron chi connectivity index (χ0n) is 13.0. The molecule has 0 spiro atoms. The van der Waals surface area contributed by atoms with Gasteiger partial charge in [-0.15, -0.1) is 0 Å². The summed E-state index contributed by atoms with van der Waals surface area (Å²) in [5.41, 5.74) is 10.2. The molecule has 0 bridgehead atoms. The maximum atomic E-state index is 5.94. The van der Waals surface area contributed by atoms with Crippen molar-refractivity contribution in [2.45, 2.75) is 13.5 Å². The predicted octanol–water partition coefficient (Wildman–Crippen LogP) is 3.11. The Kier molecular flexibility index (Phi) is 4.38. The summed E-state index contributed by atoms with van der Waals surface area (Å²) in [5.74, 6) is 0.409. The molecule has 5 nitrogen and oxygen atoms in total. The zero-order valence-corrected chi connectivity index (χ0v) is 13.0. The van der Waals surface area contributed by atoms with Gasteiger partial charge in [-0.1, -0.05) is 24.3 Å². The number of anilines is 1. The van der Waals surface area contributed by atoms with Gasteiger partial charge in [0.05, 0.1) is 12.2 Å². The number of nitrogens with zero attached hydrogens (tertiary/aromatic N) is 3. The van der Waals surface area contributed by atoms with Gasteiger partial charge in [-0.3, -0.25) is 0 Å². The second kappa shape index (κ2) is 6.79. The van der Waals surface area contributed by atoms with Crippen LogP contribution >= 0.6 is 0 Å². The molecule has 5 heteroatoms. The van der Waals surface area contributed by atoms with E-state index in [-0.39, 0.29) is 0 Å². The number of guanidine groups is 1. The van der Waals surface area contributed by atoms with Gasteiger partial charge in [0.15, 0.2) is 5.96 Å². The summed E-state index contributed by atoms with van der Waals surface area (Å²) in [6, 6.07) is 18.0. The summed E-state index contributed by atoms with van der Waals surface area (Å²) in [5, 5.41) is 7.30. The van der Waals surface area contributed by atoms with E-state index in [2.05, 4.69) is 15.4 Å². The SMILES string of the molecule is Cc1cccc(NC(N)=NCc2ccc(-n3cccn3)cc2)c1. The van der Waals surface area contributed by atoms with Crippen molar-refractivity contribution in [3.8, 4) is 5.69 Å². The number of nitrogens with one attached hydrogen (secondary N) is 1. The number of aromatic nitrogens is 2. The molecule has 3 aromatic rings. The highest BCUT2D eigenvalue weighted by Crippen LogP contribution is 2.11. The van der Waals surface area contributed by atoms with Gasteiger partial charge < -0.3 is 11.1 Å². The fourth-order valence-corrected chi connectivity index (χ4v) is 2.26. The summed E-state index contributed by atoms with van der Waals surface area (Å²) in [4.78, 5) is 4.37. The lowest BCUT2D eigenvalue weighted by molar-refractivity contribution is 0.878. The fourth-order valence-electron chi connectivity index (χ4n) is 2.26. The second-order valence-corrected chi connectivity index (χ2v) is 5.31. The molecule has 0 unspecified atom stereocenters. The number of benzene rings is 2. The summed E-state index contributed by atoms with van der Waals surface area (Å²) in [6.45, 7) is 2.57. The van der Waals surface area contributed by atoms with Crippen LogP contribution in [-0.4, -0.2) is 15.7 Å². The van der Waals surface area contributed by atoms with Crippen LogP contribution in [0.5, 0.6) is 0 Å². The van der Waals surface area contributed by atoms with Gasteiger partial charge in [0.2, 0.25) is 0 Å². The molecular weight excluding hydrogens is 286 g/mol. The van der Waals surface area contributed by atoms with Crippen LogP contribution in [0.3, 0.4) is 0 Å². The largest absolute Gasteiger partial charge is 0.370 e. The van der Waals surface area contributed by atoms with E-state index < -0.39 is 0 Å². The first-order valence-corrected chi connectivity index (χ1v) is 7.43. The van der Waals surface area contributed by atoms with Crippen LogP contribution in [0.15, 0.2) is 72.0 Å². The Bertz CT molecular complexity index is 789. The van der Waals surface area contributed by atoms with E-state index >= 15 is 0 Å². The van der Waals surface area contributed by atoms with E-state index in [4.69, 9.17) is 5.73 Å². The Balaban J connectivity index is 1.62. The van der Waals surface area contributed by atoms with E-state index in [1.54, 1.807) is 6.20 Å². The van der Waals surface area contributed by atoms with E-state index in [0.717, 1.165) is 16.9 Å². The highest BCUT2D eigenvalue weighted by atomic mass is 15.3. The topological polar surface area (TPSA) is 68.2 Å². The fraction of sp³-hybridized carbons (Fsp3) is 0.111. The molecule has 0 fully saturated rings. The van der Waals surface area contributed by atoms with Crippen LogP contribution in [0, 0.1) is 6.92 Å². The average molecular weight is 305 g/mol. The molecule has 116 valence electrons. The van der Waals surface area contributed by atoms with Crippen molar-refractivity contribution in [1.82, 2.24) is 9.78 Å². The lowest BCUT2D eigenvalue weighted by Gasteiger charge is -2.07. The number of hydrogen-bond donors (Lipinski definition) is 2. The van der Waals surface area contributed by atoms with E-state index in [1.807, 2.05) is 72.4 Å². The first-order chi connectivity index (χ1) is 11.2. The molecule has 0 aliphatic carbocycles. The van der Waals surface area contributed by atoms with Gasteiger partial charge in [-0.25, -0.2) is 9.67 Å². The smallest absolute Gasteiger partial charge is 0.193 e. The Morgan fingerprint density at radius 2 is 2.00 bits per heavy atom. The molecular formula is C18H19N5. The van der Waals surface area contributed by atoms with E-state index in [1.165, 1.54) is 5.56 Å². The molecule has 1 heterocycles. The van der Waals surface area contributed by atoms with Crippen molar-refractivity contribution in [1.29, 1.82) is 0 Å². The Morgan fingerprint density at radius 1 is 1.17 bits per heavy atom. The first kappa shape index (κ1) is 14.8. The van der Waals surface area contributed by atoms with Gasteiger partial charge in [-0.2, -0.15) is 5.10 Å². The molecule has 1 aromatic heterocycles. The monoisotopic (exact) mass is 305 g/mol. The van der Waals surface area contributed by atoms with Crippen LogP contribution in [0.1, 0.15) is 11.1 Å². The number of aliphatic imine (C=N–C) groups is 1. The molecule has 0 aliphatic heterocycles. The van der Waals surface area contributed by atoms with Crippen molar-refractivity contribution in [2.24, 2.45) is 10.7 Å². The number of hydrogen-bond acceptors (Lipinski definition) is 2.